The van der Waals surface area contributed by atoms with Gasteiger partial charge in [0, 0.05) is 23.0 Å². The zero-order valence-electron chi connectivity index (χ0n) is 24.3. The maximum absolute atomic E-state index is 10.9. The quantitative estimate of drug-likeness (QED) is 0.224. The predicted octanol–water partition coefficient (Wildman–Crippen LogP) is 9.67. The number of aromatic hydroxyl groups is 1. The van der Waals surface area contributed by atoms with Crippen LogP contribution in [-0.4, -0.2) is 19.6 Å². The summed E-state index contributed by atoms with van der Waals surface area (Å²) in [4.78, 5) is 10.2. The first-order valence-electron chi connectivity index (χ1n) is 15.3. The lowest BCUT2D eigenvalue weighted by Gasteiger charge is -2.17. The number of hydrogen-bond donors (Lipinski definition) is 1. The number of phenols is 1. The molecule has 0 fully saturated rings. The maximum atomic E-state index is 10.9. The molecule has 1 aliphatic rings. The first kappa shape index (κ1) is 26.2. The number of hydrogen-bond acceptors (Lipinski definition) is 3. The molecule has 4 nitrogen and oxygen atoms in total. The number of benzene rings is 5. The Kier molecular flexibility index (Phi) is 6.53. The molecule has 44 heavy (non-hydrogen) atoms. The molecule has 1 aliphatic carbocycles. The molecule has 1 N–H and O–H groups in total. The van der Waals surface area contributed by atoms with Crippen molar-refractivity contribution >= 4 is 11.0 Å². The van der Waals surface area contributed by atoms with E-state index in [2.05, 4.69) is 95.7 Å². The van der Waals surface area contributed by atoms with Crippen LogP contribution in [0.2, 0.25) is 0 Å². The Morgan fingerprint density at radius 2 is 1.25 bits per heavy atom. The molecule has 7 aromatic rings. The monoisotopic (exact) mass is 569 g/mol. The van der Waals surface area contributed by atoms with Gasteiger partial charge in [0.05, 0.1) is 22.3 Å². The van der Waals surface area contributed by atoms with E-state index in [0.29, 0.717) is 11.4 Å². The minimum atomic E-state index is 0.202. The fraction of sp³-hybridized carbons (Fsp3) is 0.100. The molecule has 0 saturated carbocycles. The van der Waals surface area contributed by atoms with Crippen molar-refractivity contribution in [2.45, 2.75) is 25.7 Å². The molecule has 0 spiro atoms. The van der Waals surface area contributed by atoms with Crippen LogP contribution >= 0.6 is 0 Å². The van der Waals surface area contributed by atoms with Crippen LogP contribution in [0.4, 0.5) is 0 Å². The van der Waals surface area contributed by atoms with Crippen LogP contribution in [0.1, 0.15) is 24.0 Å². The number of fused-ring (bicyclic) bond motifs is 2. The second-order valence-corrected chi connectivity index (χ2v) is 11.5. The summed E-state index contributed by atoms with van der Waals surface area (Å²) in [5, 5.41) is 10.9. The molecule has 0 bridgehead atoms. The van der Waals surface area contributed by atoms with Crippen molar-refractivity contribution in [2.24, 2.45) is 0 Å². The van der Waals surface area contributed by atoms with E-state index in [9.17, 15) is 5.11 Å². The largest absolute Gasteiger partial charge is 0.507 e. The number of nitrogens with zero attached hydrogens (tertiary/aromatic N) is 3. The van der Waals surface area contributed by atoms with E-state index >= 15 is 0 Å². The Morgan fingerprint density at radius 1 is 0.568 bits per heavy atom. The summed E-state index contributed by atoms with van der Waals surface area (Å²) in [7, 11) is 0. The van der Waals surface area contributed by atoms with Crippen molar-refractivity contribution in [1.82, 2.24) is 14.5 Å². The minimum Gasteiger partial charge on any atom is -0.507 e. The van der Waals surface area contributed by atoms with Crippen LogP contribution in [0.25, 0.3) is 61.6 Å². The molecule has 5 aromatic carbocycles. The third-order valence-electron chi connectivity index (χ3n) is 8.72. The minimum absolute atomic E-state index is 0.202. The van der Waals surface area contributed by atoms with Gasteiger partial charge in [-0.05, 0) is 108 Å². The van der Waals surface area contributed by atoms with Crippen molar-refractivity contribution in [3.63, 3.8) is 0 Å². The van der Waals surface area contributed by atoms with Crippen molar-refractivity contribution in [1.29, 1.82) is 0 Å². The zero-order valence-corrected chi connectivity index (χ0v) is 24.3. The molecular weight excluding hydrogens is 538 g/mol. The molecule has 0 saturated heterocycles. The molecule has 2 aromatic heterocycles. The Morgan fingerprint density at radius 3 is 2.07 bits per heavy atom. The van der Waals surface area contributed by atoms with Crippen LogP contribution in [0, 0.1) is 0 Å². The van der Waals surface area contributed by atoms with Crippen molar-refractivity contribution in [2.75, 3.05) is 0 Å². The van der Waals surface area contributed by atoms with E-state index in [0.717, 1.165) is 63.1 Å². The Bertz CT molecular complexity index is 2130. The van der Waals surface area contributed by atoms with Crippen LogP contribution in [0.15, 0.2) is 134 Å². The van der Waals surface area contributed by atoms with Crippen molar-refractivity contribution in [3.05, 3.63) is 145 Å². The molecule has 8 rings (SSSR count). The second kappa shape index (κ2) is 11.0. The number of para-hydroxylation sites is 3. The number of aryl methyl sites for hydroxylation is 2. The first-order valence-corrected chi connectivity index (χ1v) is 15.3. The van der Waals surface area contributed by atoms with E-state index in [-0.39, 0.29) is 5.75 Å². The number of rotatable bonds is 5. The van der Waals surface area contributed by atoms with Gasteiger partial charge < -0.3 is 5.11 Å². The molecule has 0 aliphatic heterocycles. The van der Waals surface area contributed by atoms with Gasteiger partial charge in [-0.1, -0.05) is 72.8 Å². The molecular formula is C40H31N3O. The number of imidazole rings is 1. The number of phenolic OH excluding ortho intramolecular Hbond substituents is 1. The number of pyridine rings is 1. The maximum Gasteiger partial charge on any atom is 0.149 e. The highest BCUT2D eigenvalue weighted by Crippen LogP contribution is 2.39. The average molecular weight is 570 g/mol. The standard InChI is InChI=1S/C40H31N3O/c44-38-21-10-9-18-35(38)40-42-39-34(19-11-20-37(39)43(40)33-16-5-2-6-17-33)31-22-30(27-12-3-1-4-13-27)23-32(24-31)36-25-28-14-7-8-15-29(28)26-41-36/h1-6,9-13,16-26,44H,7-8,14-15H2. The highest BCUT2D eigenvalue weighted by atomic mass is 16.3. The van der Waals surface area contributed by atoms with Gasteiger partial charge in [-0.3, -0.25) is 9.55 Å². The highest BCUT2D eigenvalue weighted by Gasteiger charge is 2.20. The van der Waals surface area contributed by atoms with E-state index in [1.54, 1.807) is 6.07 Å². The summed E-state index contributed by atoms with van der Waals surface area (Å²) in [6.07, 6.45) is 6.78. The van der Waals surface area contributed by atoms with Gasteiger partial charge in [-0.15, -0.1) is 0 Å². The predicted molar refractivity (Wildman–Crippen MR) is 179 cm³/mol. The molecule has 2 heterocycles. The Labute approximate surface area is 257 Å². The lowest BCUT2D eigenvalue weighted by atomic mass is 9.90. The summed E-state index contributed by atoms with van der Waals surface area (Å²) in [6, 6.07) is 43.6. The molecule has 212 valence electrons. The molecule has 0 atom stereocenters. The molecule has 0 unspecified atom stereocenters. The van der Waals surface area contributed by atoms with Crippen LogP contribution in [0.5, 0.6) is 5.75 Å². The third-order valence-corrected chi connectivity index (χ3v) is 8.72. The van der Waals surface area contributed by atoms with Crippen molar-refractivity contribution < 1.29 is 5.11 Å². The van der Waals surface area contributed by atoms with Crippen LogP contribution < -0.4 is 0 Å². The number of aromatic nitrogens is 3. The van der Waals surface area contributed by atoms with Crippen LogP contribution in [0.3, 0.4) is 0 Å². The summed E-state index contributed by atoms with van der Waals surface area (Å²) >= 11 is 0. The fourth-order valence-corrected chi connectivity index (χ4v) is 6.51. The van der Waals surface area contributed by atoms with Crippen molar-refractivity contribution in [3.8, 4) is 56.3 Å². The van der Waals surface area contributed by atoms with Crippen LogP contribution in [-0.2, 0) is 12.8 Å². The summed E-state index contributed by atoms with van der Waals surface area (Å²) in [6.45, 7) is 0. The van der Waals surface area contributed by atoms with Gasteiger partial charge >= 0.3 is 0 Å². The van der Waals surface area contributed by atoms with Gasteiger partial charge in [0.25, 0.3) is 0 Å². The fourth-order valence-electron chi connectivity index (χ4n) is 6.51. The average Bonchev–Trinajstić information content (AvgIpc) is 3.48. The lowest BCUT2D eigenvalue weighted by molar-refractivity contribution is 0.477. The van der Waals surface area contributed by atoms with Gasteiger partial charge in [-0.2, -0.15) is 0 Å². The van der Waals surface area contributed by atoms with E-state index < -0.39 is 0 Å². The lowest BCUT2D eigenvalue weighted by Crippen LogP contribution is -2.03. The third kappa shape index (κ3) is 4.65. The molecule has 4 heteroatoms. The van der Waals surface area contributed by atoms with Gasteiger partial charge in [0.2, 0.25) is 0 Å². The normalized spacial score (nSPS) is 12.7. The topological polar surface area (TPSA) is 50.9 Å². The van der Waals surface area contributed by atoms with Gasteiger partial charge in [0.15, 0.2) is 0 Å². The second-order valence-electron chi connectivity index (χ2n) is 11.5. The Hall–Kier alpha value is -5.48. The smallest absolute Gasteiger partial charge is 0.149 e. The molecule has 0 radical (unpaired) electrons. The van der Waals surface area contributed by atoms with E-state index in [1.807, 2.05) is 36.4 Å². The first-order chi connectivity index (χ1) is 21.7. The Balaban J connectivity index is 1.38. The zero-order chi connectivity index (χ0) is 29.5. The van der Waals surface area contributed by atoms with Gasteiger partial charge in [0.1, 0.15) is 11.6 Å². The van der Waals surface area contributed by atoms with E-state index in [4.69, 9.17) is 9.97 Å². The summed E-state index contributed by atoms with van der Waals surface area (Å²) in [5.74, 6) is 0.904. The molecule has 0 amide bonds. The van der Waals surface area contributed by atoms with E-state index in [1.165, 1.54) is 24.0 Å². The SMILES string of the molecule is Oc1ccccc1-c1nc2c(-c3cc(-c4ccccc4)cc(-c4cc5c(cn4)CCCC5)c3)cccc2n1-c1ccccc1. The van der Waals surface area contributed by atoms with Gasteiger partial charge in [-0.25, -0.2) is 4.98 Å². The summed E-state index contributed by atoms with van der Waals surface area (Å²) < 4.78 is 2.14. The highest BCUT2D eigenvalue weighted by molar-refractivity contribution is 5.97. The summed E-state index contributed by atoms with van der Waals surface area (Å²) in [5.41, 5.74) is 12.8.